The van der Waals surface area contributed by atoms with Crippen LogP contribution in [0, 0.1) is 0 Å². The second-order valence-corrected chi connectivity index (χ2v) is 8.69. The molecular weight excluding hydrogens is 522 g/mol. The second kappa shape index (κ2) is 8.99. The van der Waals surface area contributed by atoms with E-state index in [1.165, 1.54) is 11.0 Å². The number of hydrogen-bond acceptors (Lipinski definition) is 6. The Labute approximate surface area is 211 Å². The second-order valence-electron chi connectivity index (χ2n) is 8.69. The lowest BCUT2D eigenvalue weighted by Gasteiger charge is -2.29. The normalized spacial score (nSPS) is 17.2. The molecule has 3 heterocycles. The zero-order valence-electron chi connectivity index (χ0n) is 19.5. The summed E-state index contributed by atoms with van der Waals surface area (Å²) in [5.74, 6) is -6.09. The molecule has 5 rings (SSSR count). The first-order valence-corrected chi connectivity index (χ1v) is 11.2. The fourth-order valence-electron chi connectivity index (χ4n) is 4.48. The van der Waals surface area contributed by atoms with Gasteiger partial charge in [-0.3, -0.25) is 4.79 Å². The molecule has 200 valence electrons. The Hall–Kier alpha value is -4.16. The highest BCUT2D eigenvalue weighted by Crippen LogP contribution is 2.48. The molecule has 2 aromatic carbocycles. The van der Waals surface area contributed by atoms with Crippen molar-refractivity contribution in [2.75, 3.05) is 30.0 Å². The number of halogens is 6. The number of amides is 1. The molecule has 13 heteroatoms. The lowest BCUT2D eigenvalue weighted by molar-refractivity contribution is -0.189. The topological polar surface area (TPSA) is 72.2 Å². The summed E-state index contributed by atoms with van der Waals surface area (Å²) in [6.07, 6.45) is -10.0. The number of alkyl halides is 6. The van der Waals surface area contributed by atoms with Gasteiger partial charge in [-0.2, -0.15) is 26.3 Å². The van der Waals surface area contributed by atoms with Gasteiger partial charge >= 0.3 is 18.3 Å². The molecule has 38 heavy (non-hydrogen) atoms. The first kappa shape index (κ1) is 25.5. The number of furan rings is 1. The van der Waals surface area contributed by atoms with E-state index < -0.39 is 41.7 Å². The highest BCUT2D eigenvalue weighted by molar-refractivity contribution is 6.07. The molecule has 0 fully saturated rings. The molecule has 2 aliphatic rings. The Morgan fingerprint density at radius 2 is 1.76 bits per heavy atom. The number of anilines is 2. The number of carbonyl (C=O) groups excluding carboxylic acids is 2. The molecule has 0 saturated heterocycles. The van der Waals surface area contributed by atoms with Gasteiger partial charge in [0, 0.05) is 24.4 Å². The van der Waals surface area contributed by atoms with Crippen LogP contribution in [0.1, 0.15) is 28.6 Å². The van der Waals surface area contributed by atoms with E-state index in [1.54, 1.807) is 36.2 Å². The van der Waals surface area contributed by atoms with E-state index in [4.69, 9.17) is 13.9 Å². The zero-order valence-corrected chi connectivity index (χ0v) is 19.5. The molecule has 2 aliphatic heterocycles. The first-order valence-electron chi connectivity index (χ1n) is 11.2. The van der Waals surface area contributed by atoms with Crippen LogP contribution in [0.4, 0.5) is 37.7 Å². The summed E-state index contributed by atoms with van der Waals surface area (Å²) in [7, 11) is 1.72. The van der Waals surface area contributed by atoms with Crippen molar-refractivity contribution >= 4 is 23.3 Å². The summed E-state index contributed by atoms with van der Waals surface area (Å²) in [5, 5.41) is 0. The van der Waals surface area contributed by atoms with Crippen molar-refractivity contribution in [1.82, 2.24) is 0 Å². The Kier molecular flexibility index (Phi) is 6.03. The third-order valence-electron chi connectivity index (χ3n) is 6.24. The molecule has 7 nitrogen and oxygen atoms in total. The SMILES string of the molecule is CN1CCOc2cc(OC(=O)C(F)(F)F)c(C3C(=O)N(Cc4ccc(C(F)(F)F)o4)c4ccccc43)cc21. The van der Waals surface area contributed by atoms with Crippen molar-refractivity contribution in [3.63, 3.8) is 0 Å². The summed E-state index contributed by atoms with van der Waals surface area (Å²) in [6.45, 7) is 0.321. The molecule has 3 aromatic rings. The number of carbonyl (C=O) groups is 2. The standard InChI is InChI=1S/C25H18F6N2O5/c1-32-8-9-36-19-11-18(38-23(35)25(29,30)31)15(10-17(19)32)21-14-4-2-3-5-16(14)33(22(21)34)12-13-6-7-20(37-13)24(26,27)28/h2-7,10-11,21H,8-9,12H2,1H3. The third-order valence-corrected chi connectivity index (χ3v) is 6.24. The number of rotatable bonds is 4. The number of benzene rings is 2. The maximum Gasteiger partial charge on any atom is 0.491 e. The minimum absolute atomic E-state index is 0.0333. The van der Waals surface area contributed by atoms with E-state index in [1.807, 2.05) is 0 Å². The van der Waals surface area contributed by atoms with Gasteiger partial charge in [-0.15, -0.1) is 0 Å². The lowest BCUT2D eigenvalue weighted by Crippen LogP contribution is -2.32. The van der Waals surface area contributed by atoms with Crippen LogP contribution >= 0.6 is 0 Å². The van der Waals surface area contributed by atoms with E-state index in [0.29, 0.717) is 23.5 Å². The summed E-state index contributed by atoms with van der Waals surface area (Å²) < 4.78 is 93.3. The molecule has 1 aromatic heterocycles. The van der Waals surface area contributed by atoms with Crippen LogP contribution in [-0.4, -0.2) is 38.3 Å². The molecule has 0 aliphatic carbocycles. The largest absolute Gasteiger partial charge is 0.491 e. The van der Waals surface area contributed by atoms with Gasteiger partial charge in [0.05, 0.1) is 24.7 Å². The van der Waals surface area contributed by atoms with E-state index in [-0.39, 0.29) is 30.2 Å². The smallest absolute Gasteiger partial charge is 0.489 e. The Morgan fingerprint density at radius 1 is 1.03 bits per heavy atom. The quantitative estimate of drug-likeness (QED) is 0.255. The van der Waals surface area contributed by atoms with Crippen LogP contribution in [0.3, 0.4) is 0 Å². The Morgan fingerprint density at radius 3 is 2.45 bits per heavy atom. The minimum atomic E-state index is -5.30. The third kappa shape index (κ3) is 4.52. The maximum atomic E-state index is 13.7. The van der Waals surface area contributed by atoms with Crippen molar-refractivity contribution in [1.29, 1.82) is 0 Å². The molecule has 0 radical (unpaired) electrons. The van der Waals surface area contributed by atoms with E-state index >= 15 is 0 Å². The fraction of sp³-hybridized carbons (Fsp3) is 0.280. The van der Waals surface area contributed by atoms with Gasteiger partial charge in [0.2, 0.25) is 11.7 Å². The molecule has 0 spiro atoms. The minimum Gasteiger partial charge on any atom is -0.489 e. The average Bonchev–Trinajstić information content (AvgIpc) is 3.42. The summed E-state index contributed by atoms with van der Waals surface area (Å²) >= 11 is 0. The highest BCUT2D eigenvalue weighted by Gasteiger charge is 2.45. The number of esters is 1. The molecule has 0 N–H and O–H groups in total. The van der Waals surface area contributed by atoms with Crippen LogP contribution in [0.5, 0.6) is 11.5 Å². The zero-order chi connectivity index (χ0) is 27.4. The molecule has 0 saturated carbocycles. The molecular formula is C25H18F6N2O5. The Bertz CT molecular complexity index is 1410. The van der Waals surface area contributed by atoms with Gasteiger partial charge in [0.15, 0.2) is 0 Å². The van der Waals surface area contributed by atoms with Crippen LogP contribution in [0.15, 0.2) is 52.9 Å². The number of nitrogens with zero attached hydrogens (tertiary/aromatic N) is 2. The van der Waals surface area contributed by atoms with Gasteiger partial charge in [-0.25, -0.2) is 4.79 Å². The van der Waals surface area contributed by atoms with Crippen molar-refractivity contribution in [3.05, 3.63) is 71.2 Å². The van der Waals surface area contributed by atoms with Gasteiger partial charge in [0.25, 0.3) is 0 Å². The number of likely N-dealkylation sites (N-methyl/N-ethyl adjacent to an activating group) is 1. The van der Waals surface area contributed by atoms with Gasteiger partial charge in [0.1, 0.15) is 23.9 Å². The predicted molar refractivity (Wildman–Crippen MR) is 120 cm³/mol. The van der Waals surface area contributed by atoms with Crippen LogP contribution in [-0.2, 0) is 22.3 Å². The number of para-hydroxylation sites is 1. The monoisotopic (exact) mass is 540 g/mol. The lowest BCUT2D eigenvalue weighted by atomic mass is 9.91. The van der Waals surface area contributed by atoms with Crippen LogP contribution < -0.4 is 19.3 Å². The summed E-state index contributed by atoms with van der Waals surface area (Å²) in [4.78, 5) is 28.4. The van der Waals surface area contributed by atoms with Gasteiger partial charge in [-0.1, -0.05) is 18.2 Å². The summed E-state index contributed by atoms with van der Waals surface area (Å²) in [6, 6.07) is 10.7. The molecule has 1 atom stereocenters. The van der Waals surface area contributed by atoms with Crippen molar-refractivity contribution in [3.8, 4) is 11.5 Å². The molecule has 1 amide bonds. The van der Waals surface area contributed by atoms with E-state index in [2.05, 4.69) is 0 Å². The van der Waals surface area contributed by atoms with Crippen LogP contribution in [0.25, 0.3) is 0 Å². The predicted octanol–water partition coefficient (Wildman–Crippen LogP) is 5.27. The maximum absolute atomic E-state index is 13.7. The number of fused-ring (bicyclic) bond motifs is 2. The average molecular weight is 540 g/mol. The first-order chi connectivity index (χ1) is 17.8. The number of hydrogen-bond donors (Lipinski definition) is 0. The van der Waals surface area contributed by atoms with Crippen molar-refractivity contribution in [2.45, 2.75) is 24.8 Å². The highest BCUT2D eigenvalue weighted by atomic mass is 19.4. The summed E-state index contributed by atoms with van der Waals surface area (Å²) in [5.41, 5.74) is 1.11. The van der Waals surface area contributed by atoms with E-state index in [9.17, 15) is 35.9 Å². The van der Waals surface area contributed by atoms with Gasteiger partial charge < -0.3 is 23.7 Å². The number of ether oxygens (including phenoxy) is 2. The van der Waals surface area contributed by atoms with Crippen molar-refractivity contribution < 1.29 is 49.8 Å². The molecule has 1 unspecified atom stereocenters. The van der Waals surface area contributed by atoms with E-state index in [0.717, 1.165) is 18.2 Å². The van der Waals surface area contributed by atoms with Crippen LogP contribution in [0.2, 0.25) is 0 Å². The fourth-order valence-corrected chi connectivity index (χ4v) is 4.48. The van der Waals surface area contributed by atoms with Gasteiger partial charge in [-0.05, 0) is 29.8 Å². The molecule has 0 bridgehead atoms. The Balaban J connectivity index is 1.59. The van der Waals surface area contributed by atoms with Crippen molar-refractivity contribution in [2.24, 2.45) is 0 Å².